The van der Waals surface area contributed by atoms with Crippen LogP contribution >= 0.6 is 23.2 Å². The largest absolute Gasteiger partial charge is 0.497 e. The number of hydrogen-bond donors (Lipinski definition) is 2. The molecule has 0 bridgehead atoms. The molecule has 0 aliphatic carbocycles. The molecule has 7 heteroatoms. The van der Waals surface area contributed by atoms with E-state index in [1.165, 1.54) is 12.1 Å². The van der Waals surface area contributed by atoms with Crippen molar-refractivity contribution < 1.29 is 14.3 Å². The minimum atomic E-state index is -0.784. The molecule has 0 aromatic heterocycles. The number of ether oxygens (including phenoxy) is 1. The van der Waals surface area contributed by atoms with Gasteiger partial charge in [0.15, 0.2) is 0 Å². The lowest BCUT2D eigenvalue weighted by molar-refractivity contribution is -0.136. The van der Waals surface area contributed by atoms with Gasteiger partial charge in [-0.1, -0.05) is 35.3 Å². The van der Waals surface area contributed by atoms with Crippen molar-refractivity contribution in [3.8, 4) is 5.75 Å². The molecule has 24 heavy (non-hydrogen) atoms. The van der Waals surface area contributed by atoms with Crippen molar-refractivity contribution in [2.45, 2.75) is 13.0 Å². The molecule has 2 amide bonds. The normalized spacial score (nSPS) is 11.5. The van der Waals surface area contributed by atoms with Gasteiger partial charge in [0, 0.05) is 5.69 Å². The summed E-state index contributed by atoms with van der Waals surface area (Å²) >= 11 is 11.7. The average Bonchev–Trinajstić information content (AvgIpc) is 2.58. The molecule has 1 atom stereocenters. The molecular formula is C17H16Cl2N2O3. The summed E-state index contributed by atoms with van der Waals surface area (Å²) in [5.41, 5.74) is 1.24. The van der Waals surface area contributed by atoms with Gasteiger partial charge in [-0.05, 0) is 42.8 Å². The van der Waals surface area contributed by atoms with Crippen molar-refractivity contribution in [3.63, 3.8) is 0 Å². The predicted octanol–water partition coefficient (Wildman–Crippen LogP) is 3.82. The second-order valence-electron chi connectivity index (χ2n) is 5.05. The Balaban J connectivity index is 1.97. The zero-order valence-corrected chi connectivity index (χ0v) is 14.6. The van der Waals surface area contributed by atoms with Gasteiger partial charge in [-0.25, -0.2) is 0 Å². The van der Waals surface area contributed by atoms with Crippen LogP contribution in [0, 0.1) is 0 Å². The topological polar surface area (TPSA) is 67.4 Å². The minimum absolute atomic E-state index is 0.293. The van der Waals surface area contributed by atoms with E-state index in [1.54, 1.807) is 32.2 Å². The molecule has 2 aromatic rings. The number of methoxy groups -OCH3 is 1. The van der Waals surface area contributed by atoms with Crippen molar-refractivity contribution in [1.82, 2.24) is 5.32 Å². The van der Waals surface area contributed by atoms with Crippen LogP contribution < -0.4 is 15.4 Å². The number of amides is 2. The third-order valence-corrected chi connectivity index (χ3v) is 4.09. The van der Waals surface area contributed by atoms with Gasteiger partial charge in [-0.3, -0.25) is 9.59 Å². The summed E-state index contributed by atoms with van der Waals surface area (Å²) < 4.78 is 5.08. The molecule has 5 nitrogen and oxygen atoms in total. The Hall–Kier alpha value is -2.24. The number of anilines is 1. The summed E-state index contributed by atoms with van der Waals surface area (Å²) in [4.78, 5) is 24.0. The van der Waals surface area contributed by atoms with E-state index in [-0.39, 0.29) is 6.04 Å². The van der Waals surface area contributed by atoms with Gasteiger partial charge >= 0.3 is 11.8 Å². The van der Waals surface area contributed by atoms with Gasteiger partial charge < -0.3 is 15.4 Å². The Labute approximate surface area is 149 Å². The Morgan fingerprint density at radius 1 is 1.00 bits per heavy atom. The number of benzene rings is 2. The molecule has 2 rings (SSSR count). The number of carbonyl (C=O) groups is 2. The van der Waals surface area contributed by atoms with E-state index >= 15 is 0 Å². The average molecular weight is 367 g/mol. The summed E-state index contributed by atoms with van der Waals surface area (Å²) in [6.45, 7) is 1.78. The molecule has 0 saturated heterocycles. The Bertz CT molecular complexity index is 748. The lowest BCUT2D eigenvalue weighted by Gasteiger charge is -2.14. The van der Waals surface area contributed by atoms with Crippen LogP contribution in [0.15, 0.2) is 42.5 Å². The van der Waals surface area contributed by atoms with E-state index in [4.69, 9.17) is 27.9 Å². The van der Waals surface area contributed by atoms with E-state index in [9.17, 15) is 9.59 Å². The molecule has 0 aliphatic heterocycles. The molecule has 2 N–H and O–H groups in total. The van der Waals surface area contributed by atoms with E-state index in [0.29, 0.717) is 15.7 Å². The fourth-order valence-electron chi connectivity index (χ4n) is 2.00. The lowest BCUT2D eigenvalue weighted by atomic mass is 10.1. The van der Waals surface area contributed by atoms with Gasteiger partial charge in [0.05, 0.1) is 23.2 Å². The lowest BCUT2D eigenvalue weighted by Crippen LogP contribution is -2.36. The molecular weight excluding hydrogens is 351 g/mol. The maximum Gasteiger partial charge on any atom is 0.313 e. The van der Waals surface area contributed by atoms with Crippen LogP contribution in [0.5, 0.6) is 5.75 Å². The van der Waals surface area contributed by atoms with Crippen LogP contribution in [-0.2, 0) is 9.59 Å². The smallest absolute Gasteiger partial charge is 0.313 e. The highest BCUT2D eigenvalue weighted by Crippen LogP contribution is 2.25. The van der Waals surface area contributed by atoms with Crippen molar-refractivity contribution in [1.29, 1.82) is 0 Å². The molecule has 126 valence electrons. The van der Waals surface area contributed by atoms with Crippen LogP contribution in [0.25, 0.3) is 0 Å². The minimum Gasteiger partial charge on any atom is -0.497 e. The summed E-state index contributed by atoms with van der Waals surface area (Å²) in [7, 11) is 1.58. The molecule has 0 radical (unpaired) electrons. The Kier molecular flexibility index (Phi) is 6.06. The van der Waals surface area contributed by atoms with Crippen LogP contribution in [0.1, 0.15) is 18.5 Å². The van der Waals surface area contributed by atoms with E-state index < -0.39 is 11.8 Å². The monoisotopic (exact) mass is 366 g/mol. The number of hydrogen-bond acceptors (Lipinski definition) is 3. The fraction of sp³-hybridized carbons (Fsp3) is 0.176. The second-order valence-corrected chi connectivity index (χ2v) is 5.87. The first-order valence-corrected chi connectivity index (χ1v) is 7.87. The van der Waals surface area contributed by atoms with Gasteiger partial charge in [0.2, 0.25) is 0 Å². The zero-order chi connectivity index (χ0) is 17.7. The first-order valence-electron chi connectivity index (χ1n) is 7.11. The van der Waals surface area contributed by atoms with E-state index in [1.807, 2.05) is 12.1 Å². The van der Waals surface area contributed by atoms with Crippen LogP contribution in [0.4, 0.5) is 5.69 Å². The highest BCUT2D eigenvalue weighted by molar-refractivity contribution is 6.43. The molecule has 1 unspecified atom stereocenters. The Morgan fingerprint density at radius 3 is 2.25 bits per heavy atom. The maximum absolute atomic E-state index is 12.0. The van der Waals surface area contributed by atoms with E-state index in [0.717, 1.165) is 11.3 Å². The van der Waals surface area contributed by atoms with Crippen LogP contribution in [-0.4, -0.2) is 18.9 Å². The second kappa shape index (κ2) is 8.04. The zero-order valence-electron chi connectivity index (χ0n) is 13.1. The van der Waals surface area contributed by atoms with Crippen molar-refractivity contribution in [2.75, 3.05) is 12.4 Å². The van der Waals surface area contributed by atoms with Gasteiger partial charge in [0.25, 0.3) is 0 Å². The fourth-order valence-corrected chi connectivity index (χ4v) is 2.30. The van der Waals surface area contributed by atoms with Crippen molar-refractivity contribution in [2.24, 2.45) is 0 Å². The maximum atomic E-state index is 12.0. The standard InChI is InChI=1S/C17H16Cl2N2O3/c1-10(11-3-6-13(24-2)7-4-11)20-16(22)17(23)21-12-5-8-14(18)15(19)9-12/h3-10H,1-2H3,(H,20,22)(H,21,23). The van der Waals surface area contributed by atoms with E-state index in [2.05, 4.69) is 10.6 Å². The third-order valence-electron chi connectivity index (χ3n) is 3.35. The number of rotatable bonds is 4. The summed E-state index contributed by atoms with van der Waals surface area (Å²) in [5.74, 6) is -0.812. The van der Waals surface area contributed by atoms with Crippen molar-refractivity contribution in [3.05, 3.63) is 58.1 Å². The molecule has 0 saturated carbocycles. The quantitative estimate of drug-likeness (QED) is 0.808. The summed E-state index contributed by atoms with van der Waals surface area (Å²) in [5, 5.41) is 5.76. The summed E-state index contributed by atoms with van der Waals surface area (Å²) in [6.07, 6.45) is 0. The molecule has 0 fully saturated rings. The first-order chi connectivity index (χ1) is 11.4. The highest BCUT2D eigenvalue weighted by Gasteiger charge is 2.17. The number of halogens is 2. The van der Waals surface area contributed by atoms with Gasteiger partial charge in [-0.2, -0.15) is 0 Å². The SMILES string of the molecule is COc1ccc(C(C)NC(=O)C(=O)Nc2ccc(Cl)c(Cl)c2)cc1. The third kappa shape index (κ3) is 4.63. The first kappa shape index (κ1) is 18.1. The van der Waals surface area contributed by atoms with Gasteiger partial charge in [-0.15, -0.1) is 0 Å². The Morgan fingerprint density at radius 2 is 1.67 bits per heavy atom. The van der Waals surface area contributed by atoms with Crippen LogP contribution in [0.2, 0.25) is 10.0 Å². The van der Waals surface area contributed by atoms with Crippen LogP contribution in [0.3, 0.4) is 0 Å². The molecule has 0 heterocycles. The molecule has 0 spiro atoms. The van der Waals surface area contributed by atoms with Gasteiger partial charge in [0.1, 0.15) is 5.75 Å². The van der Waals surface area contributed by atoms with Crippen molar-refractivity contribution >= 4 is 40.7 Å². The summed E-state index contributed by atoms with van der Waals surface area (Å²) in [6, 6.07) is 11.5. The highest BCUT2D eigenvalue weighted by atomic mass is 35.5. The number of carbonyl (C=O) groups excluding carboxylic acids is 2. The number of nitrogens with one attached hydrogen (secondary N) is 2. The predicted molar refractivity (Wildman–Crippen MR) is 94.6 cm³/mol. The molecule has 0 aliphatic rings. The molecule has 2 aromatic carbocycles.